The minimum absolute atomic E-state index is 0.00240. The summed E-state index contributed by atoms with van der Waals surface area (Å²) in [5, 5.41) is 3.18. The van der Waals surface area contributed by atoms with Crippen LogP contribution < -0.4 is 5.32 Å². The van der Waals surface area contributed by atoms with E-state index in [4.69, 9.17) is 0 Å². The first kappa shape index (κ1) is 15.7. The number of carbonyl (C=O) groups is 1. The van der Waals surface area contributed by atoms with E-state index < -0.39 is 0 Å². The fourth-order valence-corrected chi connectivity index (χ4v) is 2.21. The molecule has 0 spiro atoms. The predicted molar refractivity (Wildman–Crippen MR) is 83.4 cm³/mol. The van der Waals surface area contributed by atoms with E-state index in [-0.39, 0.29) is 5.91 Å². The SMILES string of the molecule is CC(C)CCNc1nccc(C(=O)N2CCN(C)CC2)n1. The van der Waals surface area contributed by atoms with Gasteiger partial charge in [-0.3, -0.25) is 4.79 Å². The average Bonchev–Trinajstić information content (AvgIpc) is 2.47. The second kappa shape index (κ2) is 7.36. The Balaban J connectivity index is 1.94. The topological polar surface area (TPSA) is 61.4 Å². The molecule has 1 fully saturated rings. The molecule has 0 unspecified atom stereocenters. The van der Waals surface area contributed by atoms with Gasteiger partial charge in [0.25, 0.3) is 5.91 Å². The molecule has 0 aromatic carbocycles. The molecule has 0 aliphatic carbocycles. The van der Waals surface area contributed by atoms with Crippen LogP contribution in [0.1, 0.15) is 30.8 Å². The van der Waals surface area contributed by atoms with Gasteiger partial charge < -0.3 is 15.1 Å². The number of rotatable bonds is 5. The lowest BCUT2D eigenvalue weighted by Gasteiger charge is -2.32. The normalized spacial score (nSPS) is 16.3. The molecule has 0 radical (unpaired) electrons. The highest BCUT2D eigenvalue weighted by Crippen LogP contribution is 2.08. The first-order valence-corrected chi connectivity index (χ1v) is 7.61. The van der Waals surface area contributed by atoms with E-state index in [0.29, 0.717) is 17.6 Å². The zero-order valence-corrected chi connectivity index (χ0v) is 13.2. The van der Waals surface area contributed by atoms with Crippen molar-refractivity contribution in [2.45, 2.75) is 20.3 Å². The van der Waals surface area contributed by atoms with E-state index in [1.165, 1.54) is 0 Å². The summed E-state index contributed by atoms with van der Waals surface area (Å²) in [5.41, 5.74) is 0.474. The highest BCUT2D eigenvalue weighted by molar-refractivity contribution is 5.92. The van der Waals surface area contributed by atoms with Gasteiger partial charge in [0, 0.05) is 38.9 Å². The van der Waals surface area contributed by atoms with Gasteiger partial charge in [-0.15, -0.1) is 0 Å². The number of amides is 1. The molecule has 0 atom stereocenters. The highest BCUT2D eigenvalue weighted by atomic mass is 16.2. The van der Waals surface area contributed by atoms with Gasteiger partial charge in [0.05, 0.1) is 0 Å². The van der Waals surface area contributed by atoms with E-state index in [9.17, 15) is 4.79 Å². The molecule has 1 aromatic rings. The Morgan fingerprint density at radius 3 is 2.71 bits per heavy atom. The van der Waals surface area contributed by atoms with Gasteiger partial charge in [0.15, 0.2) is 0 Å². The van der Waals surface area contributed by atoms with Crippen molar-refractivity contribution in [3.63, 3.8) is 0 Å². The fourth-order valence-electron chi connectivity index (χ4n) is 2.21. The van der Waals surface area contributed by atoms with Gasteiger partial charge in [-0.2, -0.15) is 0 Å². The van der Waals surface area contributed by atoms with Crippen LogP contribution in [0, 0.1) is 5.92 Å². The molecule has 1 N–H and O–H groups in total. The number of carbonyl (C=O) groups excluding carboxylic acids is 1. The molecule has 0 saturated carbocycles. The largest absolute Gasteiger partial charge is 0.354 e. The standard InChI is InChI=1S/C15H25N5O/c1-12(2)4-6-16-15-17-7-5-13(18-15)14(21)20-10-8-19(3)9-11-20/h5,7,12H,4,6,8-11H2,1-3H3,(H,16,17,18). The highest BCUT2D eigenvalue weighted by Gasteiger charge is 2.21. The van der Waals surface area contributed by atoms with Crippen LogP contribution in [0.15, 0.2) is 12.3 Å². The van der Waals surface area contributed by atoms with Crippen molar-refractivity contribution in [1.29, 1.82) is 0 Å². The lowest BCUT2D eigenvalue weighted by molar-refractivity contribution is 0.0658. The maximum atomic E-state index is 12.4. The molecular weight excluding hydrogens is 266 g/mol. The molecule has 1 aromatic heterocycles. The summed E-state index contributed by atoms with van der Waals surface area (Å²) in [5.74, 6) is 1.17. The van der Waals surface area contributed by atoms with Crippen molar-refractivity contribution in [3.05, 3.63) is 18.0 Å². The van der Waals surface area contributed by atoms with Crippen LogP contribution in [-0.4, -0.2) is 65.4 Å². The maximum absolute atomic E-state index is 12.4. The van der Waals surface area contributed by atoms with E-state index in [0.717, 1.165) is 39.1 Å². The van der Waals surface area contributed by atoms with E-state index >= 15 is 0 Å². The van der Waals surface area contributed by atoms with Crippen LogP contribution in [0.4, 0.5) is 5.95 Å². The fraction of sp³-hybridized carbons (Fsp3) is 0.667. The van der Waals surface area contributed by atoms with Crippen molar-refractivity contribution >= 4 is 11.9 Å². The van der Waals surface area contributed by atoms with Crippen LogP contribution in [0.3, 0.4) is 0 Å². The Kier molecular flexibility index (Phi) is 5.50. The summed E-state index contributed by atoms with van der Waals surface area (Å²) >= 11 is 0. The third-order valence-corrected chi connectivity index (χ3v) is 3.67. The minimum atomic E-state index is -0.00240. The number of aromatic nitrogens is 2. The van der Waals surface area contributed by atoms with Crippen LogP contribution in [0.5, 0.6) is 0 Å². The lowest BCUT2D eigenvalue weighted by Crippen LogP contribution is -2.47. The monoisotopic (exact) mass is 291 g/mol. The maximum Gasteiger partial charge on any atom is 0.272 e. The predicted octanol–water partition coefficient (Wildman–Crippen LogP) is 1.32. The number of piperazine rings is 1. The van der Waals surface area contributed by atoms with E-state index in [1.54, 1.807) is 12.3 Å². The summed E-state index contributed by atoms with van der Waals surface area (Å²) in [4.78, 5) is 25.0. The third-order valence-electron chi connectivity index (χ3n) is 3.67. The van der Waals surface area contributed by atoms with Crippen molar-refractivity contribution < 1.29 is 4.79 Å². The van der Waals surface area contributed by atoms with Crippen LogP contribution >= 0.6 is 0 Å². The lowest BCUT2D eigenvalue weighted by atomic mass is 10.1. The molecule has 116 valence electrons. The summed E-state index contributed by atoms with van der Waals surface area (Å²) in [6.07, 6.45) is 2.70. The van der Waals surface area contributed by atoms with Crippen LogP contribution in [-0.2, 0) is 0 Å². The van der Waals surface area contributed by atoms with E-state index in [2.05, 4.69) is 41.1 Å². The molecule has 2 heterocycles. The van der Waals surface area contributed by atoms with Gasteiger partial charge in [-0.05, 0) is 25.5 Å². The third kappa shape index (κ3) is 4.67. The smallest absolute Gasteiger partial charge is 0.272 e. The quantitative estimate of drug-likeness (QED) is 0.886. The van der Waals surface area contributed by atoms with Gasteiger partial charge in [0.1, 0.15) is 5.69 Å². The van der Waals surface area contributed by atoms with Crippen LogP contribution in [0.2, 0.25) is 0 Å². The molecule has 1 saturated heterocycles. The number of nitrogens with one attached hydrogen (secondary N) is 1. The zero-order valence-electron chi connectivity index (χ0n) is 13.2. The number of anilines is 1. The van der Waals surface area contributed by atoms with Crippen molar-refractivity contribution in [3.8, 4) is 0 Å². The molecular formula is C15H25N5O. The second-order valence-corrected chi connectivity index (χ2v) is 5.97. The molecule has 6 heteroatoms. The zero-order chi connectivity index (χ0) is 15.2. The molecule has 1 aliphatic rings. The minimum Gasteiger partial charge on any atom is -0.354 e. The first-order valence-electron chi connectivity index (χ1n) is 7.61. The summed E-state index contributed by atoms with van der Waals surface area (Å²) in [7, 11) is 2.07. The van der Waals surface area contributed by atoms with E-state index in [1.807, 2.05) is 4.90 Å². The number of nitrogens with zero attached hydrogens (tertiary/aromatic N) is 4. The Morgan fingerprint density at radius 2 is 2.05 bits per heavy atom. The van der Waals surface area contributed by atoms with Crippen LogP contribution in [0.25, 0.3) is 0 Å². The van der Waals surface area contributed by atoms with Crippen molar-refractivity contribution in [2.75, 3.05) is 45.1 Å². The first-order chi connectivity index (χ1) is 10.1. The van der Waals surface area contributed by atoms with Gasteiger partial charge in [0.2, 0.25) is 5.95 Å². The summed E-state index contributed by atoms with van der Waals surface area (Å²) in [6, 6.07) is 1.69. The molecule has 21 heavy (non-hydrogen) atoms. The Hall–Kier alpha value is -1.69. The van der Waals surface area contributed by atoms with Gasteiger partial charge >= 0.3 is 0 Å². The van der Waals surface area contributed by atoms with Crippen molar-refractivity contribution in [2.24, 2.45) is 5.92 Å². The Labute approximate surface area is 126 Å². The molecule has 0 bridgehead atoms. The number of hydrogen-bond donors (Lipinski definition) is 1. The van der Waals surface area contributed by atoms with Gasteiger partial charge in [-0.25, -0.2) is 9.97 Å². The Bertz CT molecular complexity index is 469. The second-order valence-electron chi connectivity index (χ2n) is 5.97. The average molecular weight is 291 g/mol. The molecule has 1 amide bonds. The summed E-state index contributed by atoms with van der Waals surface area (Å²) in [6.45, 7) is 8.52. The molecule has 1 aliphatic heterocycles. The Morgan fingerprint density at radius 1 is 1.33 bits per heavy atom. The number of hydrogen-bond acceptors (Lipinski definition) is 5. The van der Waals surface area contributed by atoms with Gasteiger partial charge in [-0.1, -0.05) is 13.8 Å². The molecule has 6 nitrogen and oxygen atoms in total. The molecule has 2 rings (SSSR count). The summed E-state index contributed by atoms with van der Waals surface area (Å²) < 4.78 is 0. The van der Waals surface area contributed by atoms with Crippen molar-refractivity contribution in [1.82, 2.24) is 19.8 Å². The number of likely N-dealkylation sites (N-methyl/N-ethyl adjacent to an activating group) is 1.